The molecule has 5 N–H and O–H groups in total. The first-order chi connectivity index (χ1) is 14.5. The van der Waals surface area contributed by atoms with Crippen molar-refractivity contribution < 1.29 is 19.8 Å². The minimum Gasteiger partial charge on any atom is -0.478 e. The number of carboxylic acid groups (broad SMARTS) is 1. The molecule has 3 aromatic rings. The van der Waals surface area contributed by atoms with Gasteiger partial charge in [0.2, 0.25) is 0 Å². The molecule has 1 aliphatic rings. The van der Waals surface area contributed by atoms with Crippen LogP contribution >= 0.6 is 0 Å². The van der Waals surface area contributed by atoms with E-state index in [0.717, 1.165) is 5.56 Å². The number of aliphatic hydroxyl groups excluding tert-OH is 1. The molecule has 0 saturated carbocycles. The summed E-state index contributed by atoms with van der Waals surface area (Å²) in [5.41, 5.74) is 2.27. The van der Waals surface area contributed by atoms with Crippen molar-refractivity contribution in [1.82, 2.24) is 15.3 Å². The summed E-state index contributed by atoms with van der Waals surface area (Å²) in [4.78, 5) is 31.9. The molecule has 152 valence electrons. The predicted molar refractivity (Wildman–Crippen MR) is 110 cm³/mol. The van der Waals surface area contributed by atoms with Gasteiger partial charge in [-0.05, 0) is 17.7 Å². The number of nitrogens with one attached hydrogen (secondary N) is 3. The zero-order chi connectivity index (χ0) is 21.1. The Hall–Kier alpha value is -3.98. The van der Waals surface area contributed by atoms with Gasteiger partial charge in [0.15, 0.2) is 0 Å². The number of pyridine rings is 2. The molecule has 0 bridgehead atoms. The second-order valence-corrected chi connectivity index (χ2v) is 6.71. The van der Waals surface area contributed by atoms with Gasteiger partial charge in [-0.25, -0.2) is 14.8 Å². The molecule has 1 aromatic carbocycles. The number of carbonyl (C=O) groups is 2. The molecule has 0 fully saturated rings. The number of hydrogen-bond acceptors (Lipinski definition) is 7. The fourth-order valence-corrected chi connectivity index (χ4v) is 3.22. The molecule has 9 nitrogen and oxygen atoms in total. The van der Waals surface area contributed by atoms with Crippen LogP contribution in [0.5, 0.6) is 0 Å². The lowest BCUT2D eigenvalue weighted by molar-refractivity contribution is 0.0697. The Morgan fingerprint density at radius 1 is 1.17 bits per heavy atom. The van der Waals surface area contributed by atoms with Crippen molar-refractivity contribution in [3.8, 4) is 0 Å². The van der Waals surface area contributed by atoms with Gasteiger partial charge in [-0.3, -0.25) is 4.79 Å². The molecule has 1 aliphatic heterocycles. The van der Waals surface area contributed by atoms with Gasteiger partial charge >= 0.3 is 5.97 Å². The molecule has 0 radical (unpaired) electrons. The maximum absolute atomic E-state index is 11.7. The van der Waals surface area contributed by atoms with Crippen molar-refractivity contribution >= 4 is 29.2 Å². The van der Waals surface area contributed by atoms with Crippen LogP contribution in [0, 0.1) is 0 Å². The summed E-state index contributed by atoms with van der Waals surface area (Å²) >= 11 is 0. The smallest absolute Gasteiger partial charge is 0.339 e. The third-order valence-corrected chi connectivity index (χ3v) is 4.74. The Labute approximate surface area is 171 Å². The Kier molecular flexibility index (Phi) is 5.27. The number of carbonyl (C=O) groups excluding carboxylic acids is 1. The topological polar surface area (TPSA) is 136 Å². The van der Waals surface area contributed by atoms with Gasteiger partial charge < -0.3 is 26.2 Å². The van der Waals surface area contributed by atoms with Crippen LogP contribution < -0.4 is 16.0 Å². The summed E-state index contributed by atoms with van der Waals surface area (Å²) in [6.07, 6.45) is 1.24. The van der Waals surface area contributed by atoms with Gasteiger partial charge in [0.25, 0.3) is 5.91 Å². The number of aromatic carboxylic acids is 1. The molecule has 30 heavy (non-hydrogen) atoms. The maximum Gasteiger partial charge on any atom is 0.339 e. The molecule has 9 heteroatoms. The molecule has 1 amide bonds. The average Bonchev–Trinajstić information content (AvgIpc) is 3.12. The highest BCUT2D eigenvalue weighted by Crippen LogP contribution is 2.26. The molecule has 3 heterocycles. The van der Waals surface area contributed by atoms with E-state index in [4.69, 9.17) is 0 Å². The molecule has 0 spiro atoms. The van der Waals surface area contributed by atoms with Crippen LogP contribution in [0.1, 0.15) is 38.0 Å². The number of aliphatic hydroxyl groups is 1. The van der Waals surface area contributed by atoms with Crippen LogP contribution in [-0.2, 0) is 6.54 Å². The largest absolute Gasteiger partial charge is 0.478 e. The number of hydrogen-bond donors (Lipinski definition) is 5. The van der Waals surface area contributed by atoms with E-state index in [1.165, 1.54) is 6.20 Å². The summed E-state index contributed by atoms with van der Waals surface area (Å²) in [5, 5.41) is 28.1. The number of benzene rings is 1. The molecule has 1 atom stereocenters. The Morgan fingerprint density at radius 3 is 2.70 bits per heavy atom. The van der Waals surface area contributed by atoms with E-state index in [-0.39, 0.29) is 18.1 Å². The summed E-state index contributed by atoms with van der Waals surface area (Å²) in [5.74, 6) is -0.442. The van der Waals surface area contributed by atoms with Gasteiger partial charge in [-0.1, -0.05) is 30.3 Å². The molecule has 2 aromatic heterocycles. The summed E-state index contributed by atoms with van der Waals surface area (Å²) in [6.45, 7) is 0.138. The molecule has 0 unspecified atom stereocenters. The van der Waals surface area contributed by atoms with Crippen LogP contribution in [-0.4, -0.2) is 38.7 Å². The highest BCUT2D eigenvalue weighted by atomic mass is 16.4. The third-order valence-electron chi connectivity index (χ3n) is 4.74. The van der Waals surface area contributed by atoms with Crippen LogP contribution in [0.3, 0.4) is 0 Å². The van der Waals surface area contributed by atoms with E-state index < -0.39 is 12.0 Å². The van der Waals surface area contributed by atoms with E-state index in [9.17, 15) is 19.8 Å². The highest BCUT2D eigenvalue weighted by molar-refractivity contribution is 5.98. The summed E-state index contributed by atoms with van der Waals surface area (Å²) < 4.78 is 0. The Bertz CT molecular complexity index is 1100. The quantitative estimate of drug-likeness (QED) is 0.404. The van der Waals surface area contributed by atoms with E-state index >= 15 is 0 Å². The number of carboxylic acids is 1. The van der Waals surface area contributed by atoms with Crippen molar-refractivity contribution in [1.29, 1.82) is 0 Å². The summed E-state index contributed by atoms with van der Waals surface area (Å²) in [6, 6.07) is 13.6. The Morgan fingerprint density at radius 2 is 1.97 bits per heavy atom. The van der Waals surface area contributed by atoms with Crippen LogP contribution in [0.15, 0.2) is 54.7 Å². The van der Waals surface area contributed by atoms with Gasteiger partial charge in [0.1, 0.15) is 17.2 Å². The maximum atomic E-state index is 11.7. The molecule has 0 aliphatic carbocycles. The fraction of sp³-hybridized carbons (Fsp3) is 0.143. The normalized spacial score (nSPS) is 13.3. The minimum atomic E-state index is -1.14. The molecular formula is C21H19N5O4. The average molecular weight is 405 g/mol. The van der Waals surface area contributed by atoms with Crippen LogP contribution in [0.25, 0.3) is 0 Å². The first kappa shape index (κ1) is 19.3. The van der Waals surface area contributed by atoms with Gasteiger partial charge in [-0.2, -0.15) is 0 Å². The SMILES string of the molecule is O=C(O)c1cnc(Nc2ccc3c(n2)CNC3=O)cc1N[C@H](CO)c1ccccc1. The second kappa shape index (κ2) is 8.18. The number of fused-ring (bicyclic) bond motifs is 1. The fourth-order valence-electron chi connectivity index (χ4n) is 3.22. The highest BCUT2D eigenvalue weighted by Gasteiger charge is 2.21. The van der Waals surface area contributed by atoms with Crippen LogP contribution in [0.4, 0.5) is 17.3 Å². The first-order valence-electron chi connectivity index (χ1n) is 9.26. The lowest BCUT2D eigenvalue weighted by Gasteiger charge is -2.20. The van der Waals surface area contributed by atoms with Crippen molar-refractivity contribution in [3.05, 3.63) is 77.1 Å². The number of aromatic nitrogens is 2. The van der Waals surface area contributed by atoms with Crippen molar-refractivity contribution in [3.63, 3.8) is 0 Å². The summed E-state index contributed by atoms with van der Waals surface area (Å²) in [7, 11) is 0. The standard InChI is InChI=1S/C21H19N5O4/c27-11-17(12-4-2-1-3-5-12)24-15-8-19(22-9-14(15)21(29)30)26-18-7-6-13-16(25-18)10-23-20(13)28/h1-9,17,27H,10-11H2,(H,23,28)(H,29,30)(H2,22,24,25,26)/t17-/m1/s1. The molecule has 4 rings (SSSR count). The zero-order valence-electron chi connectivity index (χ0n) is 15.8. The van der Waals surface area contributed by atoms with E-state index in [0.29, 0.717) is 35.1 Å². The predicted octanol–water partition coefficient (Wildman–Crippen LogP) is 2.31. The van der Waals surface area contributed by atoms with E-state index in [1.807, 2.05) is 30.3 Å². The van der Waals surface area contributed by atoms with Crippen molar-refractivity contribution in [2.75, 3.05) is 17.2 Å². The number of rotatable bonds is 7. The minimum absolute atomic E-state index is 0.0216. The van der Waals surface area contributed by atoms with E-state index in [1.54, 1.807) is 18.2 Å². The van der Waals surface area contributed by atoms with Gasteiger partial charge in [0, 0.05) is 12.3 Å². The van der Waals surface area contributed by atoms with Gasteiger partial charge in [-0.15, -0.1) is 0 Å². The van der Waals surface area contributed by atoms with E-state index in [2.05, 4.69) is 25.9 Å². The van der Waals surface area contributed by atoms with Gasteiger partial charge in [0.05, 0.1) is 36.1 Å². The number of anilines is 3. The van der Waals surface area contributed by atoms with Crippen molar-refractivity contribution in [2.45, 2.75) is 12.6 Å². The monoisotopic (exact) mass is 405 g/mol. The van der Waals surface area contributed by atoms with Crippen molar-refractivity contribution in [2.24, 2.45) is 0 Å². The Balaban J connectivity index is 1.61. The first-order valence-corrected chi connectivity index (χ1v) is 9.26. The second-order valence-electron chi connectivity index (χ2n) is 6.71. The number of amides is 1. The molecular weight excluding hydrogens is 386 g/mol. The zero-order valence-corrected chi connectivity index (χ0v) is 15.8. The number of nitrogens with zero attached hydrogens (tertiary/aromatic N) is 2. The molecule has 0 saturated heterocycles. The lowest BCUT2D eigenvalue weighted by Crippen LogP contribution is -2.17. The lowest BCUT2D eigenvalue weighted by atomic mass is 10.1. The van der Waals surface area contributed by atoms with Crippen LogP contribution in [0.2, 0.25) is 0 Å². The third kappa shape index (κ3) is 3.91.